The molecule has 0 spiro atoms. The molecule has 11 heteroatoms. The van der Waals surface area contributed by atoms with Gasteiger partial charge in [-0.05, 0) is 37.5 Å². The first-order chi connectivity index (χ1) is 19.0. The van der Waals surface area contributed by atoms with Crippen molar-refractivity contribution in [3.8, 4) is 17.1 Å². The summed E-state index contributed by atoms with van der Waals surface area (Å²) in [5.74, 6) is -0.713. The Bertz CT molecular complexity index is 1330. The molecule has 1 saturated heterocycles. The number of amides is 3. The molecule has 5 rings (SSSR count). The second-order valence-corrected chi connectivity index (χ2v) is 9.75. The number of benzene rings is 2. The van der Waals surface area contributed by atoms with Gasteiger partial charge >= 0.3 is 0 Å². The van der Waals surface area contributed by atoms with Crippen molar-refractivity contribution in [3.63, 3.8) is 0 Å². The molecule has 1 aromatic heterocycles. The Hall–Kier alpha value is -4.28. The van der Waals surface area contributed by atoms with E-state index in [1.165, 1.54) is 12.1 Å². The first-order valence-corrected chi connectivity index (χ1v) is 13.1. The van der Waals surface area contributed by atoms with Gasteiger partial charge in [-0.2, -0.15) is 4.98 Å². The molecule has 2 aromatic carbocycles. The van der Waals surface area contributed by atoms with E-state index in [1.54, 1.807) is 4.90 Å². The SMILES string of the molecule is O=C1N[C@@H]2CC[C@@H](CN(C(=O)CCc3nc(-c4ccccc4)no3)C2)C(=O)NCCCOc2ccc(F)cc21. The Kier molecular flexibility index (Phi) is 8.14. The van der Waals surface area contributed by atoms with Crippen LogP contribution in [0, 0.1) is 11.7 Å². The van der Waals surface area contributed by atoms with E-state index < -0.39 is 23.7 Å². The highest BCUT2D eigenvalue weighted by molar-refractivity contribution is 5.97. The van der Waals surface area contributed by atoms with Crippen LogP contribution in [0.25, 0.3) is 11.4 Å². The largest absolute Gasteiger partial charge is 0.493 e. The normalized spacial score (nSPS) is 20.2. The van der Waals surface area contributed by atoms with Gasteiger partial charge in [0.05, 0.1) is 18.1 Å². The number of aryl methyl sites for hydroxylation is 1. The number of fused-ring (bicyclic) bond motifs is 4. The molecule has 2 N–H and O–H groups in total. The zero-order chi connectivity index (χ0) is 27.2. The van der Waals surface area contributed by atoms with Gasteiger partial charge in [0.15, 0.2) is 0 Å². The molecule has 0 saturated carbocycles. The van der Waals surface area contributed by atoms with Crippen LogP contribution in [0.2, 0.25) is 0 Å². The lowest BCUT2D eigenvalue weighted by atomic mass is 10.0. The van der Waals surface area contributed by atoms with Crippen LogP contribution < -0.4 is 15.4 Å². The van der Waals surface area contributed by atoms with E-state index in [9.17, 15) is 18.8 Å². The number of aromatic nitrogens is 2. The van der Waals surface area contributed by atoms with E-state index in [2.05, 4.69) is 20.8 Å². The van der Waals surface area contributed by atoms with Crippen molar-refractivity contribution in [2.75, 3.05) is 26.2 Å². The van der Waals surface area contributed by atoms with Crippen molar-refractivity contribution >= 4 is 17.7 Å². The Morgan fingerprint density at radius 1 is 1.10 bits per heavy atom. The van der Waals surface area contributed by atoms with Crippen molar-refractivity contribution in [2.45, 2.75) is 38.1 Å². The summed E-state index contributed by atoms with van der Waals surface area (Å²) in [7, 11) is 0. The van der Waals surface area contributed by atoms with E-state index in [4.69, 9.17) is 9.26 Å². The molecule has 3 heterocycles. The molecule has 2 bridgehead atoms. The quantitative estimate of drug-likeness (QED) is 0.526. The predicted molar refractivity (Wildman–Crippen MR) is 138 cm³/mol. The maximum atomic E-state index is 14.0. The van der Waals surface area contributed by atoms with E-state index in [1.807, 2.05) is 30.3 Å². The van der Waals surface area contributed by atoms with E-state index in [-0.39, 0.29) is 55.7 Å². The van der Waals surface area contributed by atoms with Crippen molar-refractivity contribution in [1.29, 1.82) is 0 Å². The molecular weight excluding hydrogens is 505 g/mol. The third-order valence-corrected chi connectivity index (χ3v) is 6.92. The summed E-state index contributed by atoms with van der Waals surface area (Å²) in [5, 5.41) is 9.85. The molecule has 39 heavy (non-hydrogen) atoms. The lowest BCUT2D eigenvalue weighted by Gasteiger charge is -2.26. The Balaban J connectivity index is 1.30. The summed E-state index contributed by atoms with van der Waals surface area (Å²) in [6.07, 6.45) is 1.85. The van der Waals surface area contributed by atoms with Gasteiger partial charge in [-0.3, -0.25) is 14.4 Å². The van der Waals surface area contributed by atoms with Crippen molar-refractivity contribution < 1.29 is 28.0 Å². The van der Waals surface area contributed by atoms with Crippen molar-refractivity contribution in [2.24, 2.45) is 5.92 Å². The monoisotopic (exact) mass is 535 g/mol. The third kappa shape index (κ3) is 6.60. The minimum atomic E-state index is -0.546. The minimum Gasteiger partial charge on any atom is -0.493 e. The first-order valence-electron chi connectivity index (χ1n) is 13.1. The van der Waals surface area contributed by atoms with Crippen LogP contribution in [0.3, 0.4) is 0 Å². The van der Waals surface area contributed by atoms with Gasteiger partial charge in [-0.25, -0.2) is 4.39 Å². The Morgan fingerprint density at radius 3 is 2.79 bits per heavy atom. The molecule has 2 aliphatic rings. The number of likely N-dealkylation sites (tertiary alicyclic amines) is 1. The van der Waals surface area contributed by atoms with Gasteiger partial charge in [0, 0.05) is 44.1 Å². The highest BCUT2D eigenvalue weighted by atomic mass is 19.1. The fourth-order valence-electron chi connectivity index (χ4n) is 4.84. The number of hydrogen-bond donors (Lipinski definition) is 2. The number of halogens is 1. The minimum absolute atomic E-state index is 0.0976. The van der Waals surface area contributed by atoms with Gasteiger partial charge in [-0.15, -0.1) is 0 Å². The Morgan fingerprint density at radius 2 is 1.95 bits per heavy atom. The molecule has 204 valence electrons. The van der Waals surface area contributed by atoms with Gasteiger partial charge < -0.3 is 24.8 Å². The summed E-state index contributed by atoms with van der Waals surface area (Å²) in [6.45, 7) is 1.10. The molecule has 0 unspecified atom stereocenters. The number of nitrogens with zero attached hydrogens (tertiary/aromatic N) is 3. The van der Waals surface area contributed by atoms with Crippen LogP contribution in [-0.2, 0) is 16.0 Å². The topological polar surface area (TPSA) is 127 Å². The highest BCUT2D eigenvalue weighted by Crippen LogP contribution is 2.23. The van der Waals surface area contributed by atoms with Gasteiger partial charge in [0.2, 0.25) is 23.5 Å². The lowest BCUT2D eigenvalue weighted by Crippen LogP contribution is -2.46. The van der Waals surface area contributed by atoms with Crippen LogP contribution in [0.5, 0.6) is 5.75 Å². The van der Waals surface area contributed by atoms with Crippen molar-refractivity contribution in [1.82, 2.24) is 25.7 Å². The number of ether oxygens (including phenoxy) is 1. The van der Waals surface area contributed by atoms with Gasteiger partial charge in [-0.1, -0.05) is 35.5 Å². The zero-order valence-electron chi connectivity index (χ0n) is 21.4. The highest BCUT2D eigenvalue weighted by Gasteiger charge is 2.32. The smallest absolute Gasteiger partial charge is 0.255 e. The van der Waals surface area contributed by atoms with Gasteiger partial charge in [0.25, 0.3) is 5.91 Å². The van der Waals surface area contributed by atoms with Crippen LogP contribution >= 0.6 is 0 Å². The predicted octanol–water partition coefficient (Wildman–Crippen LogP) is 2.74. The third-order valence-electron chi connectivity index (χ3n) is 6.92. The molecule has 3 amide bonds. The number of carbonyl (C=O) groups excluding carboxylic acids is 3. The molecule has 3 aromatic rings. The second-order valence-electron chi connectivity index (χ2n) is 9.75. The van der Waals surface area contributed by atoms with E-state index in [0.29, 0.717) is 37.5 Å². The standard InChI is InChI=1S/C28H30FN5O5/c29-20-8-10-23-22(15-20)28(37)31-21-9-7-19(27(36)30-13-4-14-38-23)16-34(17-21)25(35)12-11-24-32-26(33-39-24)18-5-2-1-3-6-18/h1-3,5-6,8,10,15,19,21H,4,7,9,11-14,16-17H2,(H,30,36)(H,31,37)/t19-,21+/m0/s1. The van der Waals surface area contributed by atoms with Gasteiger partial charge in [0.1, 0.15) is 11.6 Å². The fraction of sp³-hybridized carbons (Fsp3) is 0.393. The van der Waals surface area contributed by atoms with E-state index >= 15 is 0 Å². The first kappa shape index (κ1) is 26.3. The van der Waals surface area contributed by atoms with Crippen LogP contribution in [0.1, 0.15) is 41.9 Å². The van der Waals surface area contributed by atoms with Crippen LogP contribution in [-0.4, -0.2) is 65.0 Å². The number of carbonyl (C=O) groups is 3. The molecular formula is C28H30FN5O5. The summed E-state index contributed by atoms with van der Waals surface area (Å²) in [4.78, 5) is 45.4. The molecule has 0 radical (unpaired) electrons. The molecule has 0 aliphatic carbocycles. The fourth-order valence-corrected chi connectivity index (χ4v) is 4.84. The van der Waals surface area contributed by atoms with Crippen LogP contribution in [0.15, 0.2) is 53.1 Å². The summed E-state index contributed by atoms with van der Waals surface area (Å²) < 4.78 is 25.0. The lowest BCUT2D eigenvalue weighted by molar-refractivity contribution is -0.133. The number of hydrogen-bond acceptors (Lipinski definition) is 7. The maximum absolute atomic E-state index is 14.0. The Labute approximate surface area is 224 Å². The van der Waals surface area contributed by atoms with E-state index in [0.717, 1.165) is 11.6 Å². The average Bonchev–Trinajstić information content (AvgIpc) is 3.32. The van der Waals surface area contributed by atoms with Crippen molar-refractivity contribution in [3.05, 3.63) is 65.8 Å². The summed E-state index contributed by atoms with van der Waals surface area (Å²) in [5.41, 5.74) is 0.912. The molecule has 10 nitrogen and oxygen atoms in total. The number of nitrogens with one attached hydrogen (secondary N) is 2. The second kappa shape index (κ2) is 12.1. The molecule has 1 fully saturated rings. The van der Waals surface area contributed by atoms with Crippen LogP contribution in [0.4, 0.5) is 4.39 Å². The maximum Gasteiger partial charge on any atom is 0.255 e. The average molecular weight is 536 g/mol. The number of rotatable bonds is 4. The molecule has 2 aliphatic heterocycles. The summed E-state index contributed by atoms with van der Waals surface area (Å²) >= 11 is 0. The zero-order valence-corrected chi connectivity index (χ0v) is 21.4. The summed E-state index contributed by atoms with van der Waals surface area (Å²) in [6, 6.07) is 12.8. The molecule has 2 atom stereocenters.